The summed E-state index contributed by atoms with van der Waals surface area (Å²) < 4.78 is 0. The molecule has 0 unspecified atom stereocenters. The van der Waals surface area contributed by atoms with E-state index >= 15 is 0 Å². The molecular formula is C16H34. The van der Waals surface area contributed by atoms with Crippen molar-refractivity contribution in [1.29, 1.82) is 0 Å². The van der Waals surface area contributed by atoms with Gasteiger partial charge in [-0.25, -0.2) is 0 Å². The van der Waals surface area contributed by atoms with E-state index in [9.17, 15) is 0 Å². The summed E-state index contributed by atoms with van der Waals surface area (Å²) in [5.41, 5.74) is 1.18. The van der Waals surface area contributed by atoms with E-state index in [0.717, 1.165) is 0 Å². The van der Waals surface area contributed by atoms with E-state index in [1.165, 1.54) is 51.4 Å². The third-order valence-corrected chi connectivity index (χ3v) is 4.52. The Labute approximate surface area is 104 Å². The van der Waals surface area contributed by atoms with Crippen LogP contribution >= 0.6 is 0 Å². The summed E-state index contributed by atoms with van der Waals surface area (Å²) in [6, 6.07) is 0. The second-order valence-electron chi connectivity index (χ2n) is 6.64. The molecule has 0 aromatic heterocycles. The molecule has 0 aliphatic heterocycles. The Morgan fingerprint density at radius 1 is 0.688 bits per heavy atom. The zero-order valence-electron chi connectivity index (χ0n) is 12.7. The molecular weight excluding hydrogens is 192 g/mol. The highest BCUT2D eigenvalue weighted by molar-refractivity contribution is 4.72. The van der Waals surface area contributed by atoms with Crippen molar-refractivity contribution in [2.75, 3.05) is 0 Å². The van der Waals surface area contributed by atoms with Crippen molar-refractivity contribution in [3.8, 4) is 0 Å². The summed E-state index contributed by atoms with van der Waals surface area (Å²) >= 11 is 0. The van der Waals surface area contributed by atoms with Crippen LogP contribution in [0.5, 0.6) is 0 Å². The summed E-state index contributed by atoms with van der Waals surface area (Å²) in [5.74, 6) is 0. The highest BCUT2D eigenvalue weighted by Crippen LogP contribution is 2.34. The lowest BCUT2D eigenvalue weighted by Crippen LogP contribution is -2.15. The molecule has 0 heteroatoms. The van der Waals surface area contributed by atoms with E-state index in [2.05, 4.69) is 41.5 Å². The molecule has 16 heavy (non-hydrogen) atoms. The van der Waals surface area contributed by atoms with Gasteiger partial charge in [0.2, 0.25) is 0 Å². The lowest BCUT2D eigenvalue weighted by Gasteiger charge is -2.28. The molecule has 0 fully saturated rings. The van der Waals surface area contributed by atoms with Crippen LogP contribution in [0, 0.1) is 10.8 Å². The van der Waals surface area contributed by atoms with E-state index in [1.807, 2.05) is 0 Å². The van der Waals surface area contributed by atoms with Gasteiger partial charge in [-0.2, -0.15) is 0 Å². The molecule has 0 aromatic rings. The van der Waals surface area contributed by atoms with Gasteiger partial charge < -0.3 is 0 Å². The molecule has 0 spiro atoms. The maximum Gasteiger partial charge on any atom is -0.0331 e. The molecule has 0 aliphatic rings. The second kappa shape index (κ2) is 7.35. The van der Waals surface area contributed by atoms with Gasteiger partial charge in [0.25, 0.3) is 0 Å². The molecule has 0 aliphatic carbocycles. The topological polar surface area (TPSA) is 0 Å². The summed E-state index contributed by atoms with van der Waals surface area (Å²) in [6.45, 7) is 14.3. The predicted octanol–water partition coefficient (Wildman–Crippen LogP) is 6.20. The minimum atomic E-state index is 0.573. The van der Waals surface area contributed by atoms with Crippen molar-refractivity contribution in [2.24, 2.45) is 10.8 Å². The Hall–Kier alpha value is 0. The molecule has 0 aromatic carbocycles. The van der Waals surface area contributed by atoms with Gasteiger partial charge in [-0.1, -0.05) is 73.6 Å². The quantitative estimate of drug-likeness (QED) is 0.411. The minimum absolute atomic E-state index is 0.573. The first-order valence-corrected chi connectivity index (χ1v) is 7.39. The van der Waals surface area contributed by atoms with Crippen LogP contribution in [0.1, 0.15) is 92.9 Å². The van der Waals surface area contributed by atoms with Gasteiger partial charge in [0, 0.05) is 0 Å². The van der Waals surface area contributed by atoms with E-state index in [0.29, 0.717) is 10.8 Å². The fourth-order valence-electron chi connectivity index (χ4n) is 2.56. The zero-order valence-corrected chi connectivity index (χ0v) is 12.7. The molecule has 98 valence electrons. The van der Waals surface area contributed by atoms with Crippen LogP contribution in [0.2, 0.25) is 0 Å². The van der Waals surface area contributed by atoms with Crippen LogP contribution < -0.4 is 0 Å². The van der Waals surface area contributed by atoms with Gasteiger partial charge >= 0.3 is 0 Å². The molecule has 0 saturated heterocycles. The highest BCUT2D eigenvalue weighted by atomic mass is 14.3. The van der Waals surface area contributed by atoms with Crippen LogP contribution in [-0.4, -0.2) is 0 Å². The molecule has 0 rings (SSSR count). The van der Waals surface area contributed by atoms with Crippen molar-refractivity contribution in [1.82, 2.24) is 0 Å². The Morgan fingerprint density at radius 2 is 1.19 bits per heavy atom. The summed E-state index contributed by atoms with van der Waals surface area (Å²) in [5, 5.41) is 0. The monoisotopic (exact) mass is 226 g/mol. The fraction of sp³-hybridized carbons (Fsp3) is 1.00. The van der Waals surface area contributed by atoms with Gasteiger partial charge in [0.05, 0.1) is 0 Å². The molecule has 0 heterocycles. The normalized spacial score (nSPS) is 13.1. The SMILES string of the molecule is CCCC(C)(C)CCCCC(C)(CC)CC. The average Bonchev–Trinajstić information content (AvgIpc) is 2.24. The van der Waals surface area contributed by atoms with Crippen LogP contribution in [-0.2, 0) is 0 Å². The van der Waals surface area contributed by atoms with Crippen LogP contribution in [0.25, 0.3) is 0 Å². The second-order valence-corrected chi connectivity index (χ2v) is 6.64. The maximum absolute atomic E-state index is 2.45. The molecule has 0 N–H and O–H groups in total. The fourth-order valence-corrected chi connectivity index (χ4v) is 2.56. The van der Waals surface area contributed by atoms with Crippen LogP contribution in [0.4, 0.5) is 0 Å². The summed E-state index contributed by atoms with van der Waals surface area (Å²) in [7, 11) is 0. The van der Waals surface area contributed by atoms with Crippen molar-refractivity contribution in [3.05, 3.63) is 0 Å². The van der Waals surface area contributed by atoms with Gasteiger partial charge in [0.1, 0.15) is 0 Å². The summed E-state index contributed by atoms with van der Waals surface area (Å²) in [4.78, 5) is 0. The standard InChI is InChI=1S/C16H34/c1-7-12-15(4,5)13-10-11-14-16(6,8-2)9-3/h7-14H2,1-6H3. The molecule has 0 radical (unpaired) electrons. The average molecular weight is 226 g/mol. The van der Waals surface area contributed by atoms with Gasteiger partial charge in [0.15, 0.2) is 0 Å². The van der Waals surface area contributed by atoms with Crippen LogP contribution in [0.15, 0.2) is 0 Å². The van der Waals surface area contributed by atoms with E-state index in [4.69, 9.17) is 0 Å². The molecule has 0 saturated carbocycles. The first kappa shape index (κ1) is 16.0. The van der Waals surface area contributed by atoms with Crippen LogP contribution in [0.3, 0.4) is 0 Å². The highest BCUT2D eigenvalue weighted by Gasteiger charge is 2.20. The number of rotatable bonds is 9. The zero-order chi connectivity index (χ0) is 12.7. The molecule has 0 bridgehead atoms. The smallest absolute Gasteiger partial charge is 0.0331 e. The maximum atomic E-state index is 2.45. The van der Waals surface area contributed by atoms with E-state index in [-0.39, 0.29) is 0 Å². The number of unbranched alkanes of at least 4 members (excludes halogenated alkanes) is 1. The van der Waals surface area contributed by atoms with E-state index < -0.39 is 0 Å². The molecule has 0 nitrogen and oxygen atoms in total. The number of hydrogen-bond acceptors (Lipinski definition) is 0. The first-order valence-electron chi connectivity index (χ1n) is 7.39. The van der Waals surface area contributed by atoms with Gasteiger partial charge in [-0.3, -0.25) is 0 Å². The summed E-state index contributed by atoms with van der Waals surface area (Å²) in [6.07, 6.45) is 11.0. The number of hydrogen-bond donors (Lipinski definition) is 0. The first-order chi connectivity index (χ1) is 7.39. The Morgan fingerprint density at radius 3 is 1.62 bits per heavy atom. The predicted molar refractivity (Wildman–Crippen MR) is 75.8 cm³/mol. The Bertz CT molecular complexity index is 163. The molecule has 0 atom stereocenters. The Balaban J connectivity index is 3.75. The minimum Gasteiger partial charge on any atom is -0.0654 e. The van der Waals surface area contributed by atoms with Gasteiger partial charge in [-0.05, 0) is 30.1 Å². The van der Waals surface area contributed by atoms with Crippen molar-refractivity contribution in [3.63, 3.8) is 0 Å². The lowest BCUT2D eigenvalue weighted by molar-refractivity contribution is 0.242. The largest absolute Gasteiger partial charge is 0.0654 e. The van der Waals surface area contributed by atoms with Crippen molar-refractivity contribution in [2.45, 2.75) is 92.9 Å². The van der Waals surface area contributed by atoms with Crippen molar-refractivity contribution >= 4 is 0 Å². The van der Waals surface area contributed by atoms with Gasteiger partial charge in [-0.15, -0.1) is 0 Å². The third kappa shape index (κ3) is 6.55. The Kier molecular flexibility index (Phi) is 7.35. The lowest BCUT2D eigenvalue weighted by atomic mass is 9.78. The van der Waals surface area contributed by atoms with E-state index in [1.54, 1.807) is 0 Å². The van der Waals surface area contributed by atoms with Crippen molar-refractivity contribution < 1.29 is 0 Å². The molecule has 0 amide bonds. The third-order valence-electron chi connectivity index (χ3n) is 4.52.